The van der Waals surface area contributed by atoms with Crippen LogP contribution in [0.3, 0.4) is 0 Å². The Hall–Kier alpha value is -1.72. The Kier molecular flexibility index (Phi) is 36.3. The molecule has 10 atom stereocenters. The van der Waals surface area contributed by atoms with Gasteiger partial charge >= 0.3 is 5.97 Å². The van der Waals surface area contributed by atoms with Gasteiger partial charge in [-0.25, -0.2) is 0 Å². The number of amides is 1. The predicted octanol–water partition coefficient (Wildman–Crippen LogP) is 20.6. The minimum Gasteiger partial charge on any atom is -0.462 e. The van der Waals surface area contributed by atoms with Crippen LogP contribution in [0.4, 0.5) is 0 Å². The lowest BCUT2D eigenvalue weighted by Gasteiger charge is -2.50. The first-order valence-electron chi connectivity index (χ1n) is 34.5. The topological polar surface area (TPSA) is 89.5 Å². The van der Waals surface area contributed by atoms with E-state index in [9.17, 15) is 19.2 Å². The summed E-state index contributed by atoms with van der Waals surface area (Å²) in [6, 6.07) is 0.343. The normalized spacial score (nSPS) is 26.2. The van der Waals surface area contributed by atoms with E-state index in [1.165, 1.54) is 263 Å². The van der Waals surface area contributed by atoms with Crippen LogP contribution in [0.2, 0.25) is 0 Å². The van der Waals surface area contributed by atoms with Crippen LogP contribution in [0.1, 0.15) is 350 Å². The lowest BCUT2D eigenvalue weighted by atomic mass is 9.56. The van der Waals surface area contributed by atoms with Crippen molar-refractivity contribution in [2.75, 3.05) is 0 Å². The SMILES string of the molecule is CCCCCCCCCCCCCCCC[C@@H]1CC[C@H]2C[C@@H](NC(=O)CCC(=O)C(C)C)CC[C@@H]2C1.CCCCCCCCCCCCCCCC[C@H]1CC[C@H]2[C@@H](CC[C@H]3C[C@@H](OC(=O)CCC(=O)C(C)C)CC[C@@H]32)C1. The smallest absolute Gasteiger partial charge is 0.306 e. The van der Waals surface area contributed by atoms with Crippen molar-refractivity contribution in [3.8, 4) is 0 Å². The van der Waals surface area contributed by atoms with E-state index in [1.807, 2.05) is 27.7 Å². The number of carbonyl (C=O) groups is 4. The van der Waals surface area contributed by atoms with Gasteiger partial charge in [0, 0.05) is 37.1 Å². The van der Waals surface area contributed by atoms with Gasteiger partial charge in [-0.05, 0) is 124 Å². The number of hydrogen-bond donors (Lipinski definition) is 1. The van der Waals surface area contributed by atoms with Crippen molar-refractivity contribution in [3.63, 3.8) is 0 Å². The second-order valence-corrected chi connectivity index (χ2v) is 27.3. The molecule has 5 aliphatic carbocycles. The number of esters is 1. The molecular weight excluding hydrogens is 935 g/mol. The summed E-state index contributed by atoms with van der Waals surface area (Å²) in [4.78, 5) is 48.3. The molecule has 5 rings (SSSR count). The zero-order chi connectivity index (χ0) is 54.6. The van der Waals surface area contributed by atoms with Gasteiger partial charge in [-0.15, -0.1) is 0 Å². The molecule has 0 aliphatic heterocycles. The van der Waals surface area contributed by atoms with Crippen LogP contribution < -0.4 is 5.32 Å². The average molecular weight is 1060 g/mol. The van der Waals surface area contributed by atoms with Crippen molar-refractivity contribution < 1.29 is 23.9 Å². The Labute approximate surface area is 471 Å². The number of ether oxygens (including phenoxy) is 1. The van der Waals surface area contributed by atoms with Gasteiger partial charge in [-0.3, -0.25) is 19.2 Å². The van der Waals surface area contributed by atoms with Gasteiger partial charge in [0.15, 0.2) is 0 Å². The van der Waals surface area contributed by atoms with Gasteiger partial charge in [-0.2, -0.15) is 0 Å². The van der Waals surface area contributed by atoms with Gasteiger partial charge < -0.3 is 10.1 Å². The predicted molar refractivity (Wildman–Crippen MR) is 322 cm³/mol. The number of carbonyl (C=O) groups excluding carboxylic acids is 4. The van der Waals surface area contributed by atoms with E-state index >= 15 is 0 Å². The monoisotopic (exact) mass is 1060 g/mol. The van der Waals surface area contributed by atoms with Crippen molar-refractivity contribution in [1.29, 1.82) is 0 Å². The fourth-order valence-corrected chi connectivity index (χ4v) is 15.4. The van der Waals surface area contributed by atoms with Gasteiger partial charge in [0.2, 0.25) is 5.91 Å². The number of nitrogens with one attached hydrogen (secondary N) is 1. The lowest BCUT2D eigenvalue weighted by Crippen LogP contribution is -2.43. The van der Waals surface area contributed by atoms with E-state index in [2.05, 4.69) is 19.2 Å². The fraction of sp³-hybridized carbons (Fsp3) is 0.943. The molecule has 6 heteroatoms. The lowest BCUT2D eigenvalue weighted by molar-refractivity contribution is -0.154. The highest BCUT2D eigenvalue weighted by Crippen LogP contribution is 2.53. The highest BCUT2D eigenvalue weighted by molar-refractivity contribution is 5.86. The molecule has 0 bridgehead atoms. The molecule has 0 aromatic rings. The third-order valence-electron chi connectivity index (χ3n) is 20.4. The summed E-state index contributed by atoms with van der Waals surface area (Å²) in [5.74, 6) is 7.52. The summed E-state index contributed by atoms with van der Waals surface area (Å²) in [5, 5.41) is 3.25. The van der Waals surface area contributed by atoms with Crippen molar-refractivity contribution in [2.45, 2.75) is 362 Å². The van der Waals surface area contributed by atoms with Crippen LogP contribution in [-0.4, -0.2) is 35.6 Å². The van der Waals surface area contributed by atoms with Gasteiger partial charge in [0.1, 0.15) is 17.7 Å². The standard InChI is InChI=1S/C37H66O3.C33H61NO2/c1-4-5-6-7-8-9-10-11-12-13-14-15-16-17-18-30-19-23-34-31(27-30)20-21-32-28-33(22-24-35(32)34)40-37(39)26-25-36(38)29(2)3;1-4-5-6-7-8-9-10-11-12-13-14-15-16-17-18-28-19-20-30-26-31(22-21-29(30)25-28)34-33(36)24-23-32(35)27(2)3/h29-35H,4-28H2,1-3H3;27-31H,4-26H2,1-3H3,(H,34,36)/t30-,31-,32-,33-,34-,35-;28-,29-,30+,31+/m01/s1. The number of fused-ring (bicyclic) bond motifs is 4. The average Bonchev–Trinajstić information content (AvgIpc) is 3.42. The molecule has 0 unspecified atom stereocenters. The van der Waals surface area contributed by atoms with E-state index < -0.39 is 0 Å². The molecule has 0 aromatic carbocycles. The largest absolute Gasteiger partial charge is 0.462 e. The molecule has 442 valence electrons. The number of Topliss-reactive ketones (excluding diaryl/α,β-unsaturated/α-hetero) is 2. The van der Waals surface area contributed by atoms with Crippen LogP contribution in [0, 0.1) is 59.2 Å². The van der Waals surface area contributed by atoms with E-state index in [0.717, 1.165) is 66.6 Å². The van der Waals surface area contributed by atoms with E-state index in [4.69, 9.17) is 4.74 Å². The number of unbranched alkanes of at least 4 members (excludes halogenated alkanes) is 26. The maximum atomic E-state index is 12.3. The van der Waals surface area contributed by atoms with Crippen molar-refractivity contribution >= 4 is 23.4 Å². The van der Waals surface area contributed by atoms with Gasteiger partial charge in [0.25, 0.3) is 0 Å². The molecule has 5 saturated carbocycles. The maximum absolute atomic E-state index is 12.3. The molecule has 76 heavy (non-hydrogen) atoms. The Bertz CT molecular complexity index is 1510. The quantitative estimate of drug-likeness (QED) is 0.0488. The summed E-state index contributed by atoms with van der Waals surface area (Å²) in [6.07, 6.45) is 63.2. The molecule has 1 N–H and O–H groups in total. The first-order chi connectivity index (χ1) is 37.0. The Morgan fingerprint density at radius 2 is 0.750 bits per heavy atom. The molecular formula is C70H127NO5. The molecule has 0 radical (unpaired) electrons. The zero-order valence-electron chi connectivity index (χ0n) is 51.4. The number of rotatable bonds is 40. The fourth-order valence-electron chi connectivity index (χ4n) is 15.4. The summed E-state index contributed by atoms with van der Waals surface area (Å²) in [7, 11) is 0. The van der Waals surface area contributed by atoms with E-state index in [0.29, 0.717) is 25.3 Å². The molecule has 0 spiro atoms. The molecule has 0 heterocycles. The maximum Gasteiger partial charge on any atom is 0.306 e. The third kappa shape index (κ3) is 28.6. The van der Waals surface area contributed by atoms with E-state index in [-0.39, 0.29) is 47.8 Å². The molecule has 1 amide bonds. The zero-order valence-corrected chi connectivity index (χ0v) is 51.4. The summed E-state index contributed by atoms with van der Waals surface area (Å²) < 4.78 is 5.85. The third-order valence-corrected chi connectivity index (χ3v) is 20.4. The van der Waals surface area contributed by atoms with Gasteiger partial charge in [-0.1, -0.05) is 247 Å². The Morgan fingerprint density at radius 3 is 1.22 bits per heavy atom. The van der Waals surface area contributed by atoms with Crippen LogP contribution in [0.25, 0.3) is 0 Å². The van der Waals surface area contributed by atoms with Gasteiger partial charge in [0.05, 0.1) is 6.42 Å². The van der Waals surface area contributed by atoms with Crippen molar-refractivity contribution in [3.05, 3.63) is 0 Å². The number of ketones is 2. The molecule has 5 fully saturated rings. The second kappa shape index (κ2) is 41.3. The Morgan fingerprint density at radius 1 is 0.382 bits per heavy atom. The number of hydrogen-bond acceptors (Lipinski definition) is 5. The Balaban J connectivity index is 0.000000330. The molecule has 5 aliphatic rings. The highest BCUT2D eigenvalue weighted by Gasteiger charge is 2.45. The van der Waals surface area contributed by atoms with Crippen LogP contribution >= 0.6 is 0 Å². The van der Waals surface area contributed by atoms with Crippen LogP contribution in [0.5, 0.6) is 0 Å². The molecule has 0 aromatic heterocycles. The summed E-state index contributed by atoms with van der Waals surface area (Å²) in [6.45, 7) is 12.2. The summed E-state index contributed by atoms with van der Waals surface area (Å²) >= 11 is 0. The van der Waals surface area contributed by atoms with E-state index in [1.54, 1.807) is 0 Å². The van der Waals surface area contributed by atoms with Crippen LogP contribution in [-0.2, 0) is 23.9 Å². The van der Waals surface area contributed by atoms with Crippen molar-refractivity contribution in [2.24, 2.45) is 59.2 Å². The molecule has 0 saturated heterocycles. The minimum absolute atomic E-state index is 0.00715. The summed E-state index contributed by atoms with van der Waals surface area (Å²) in [5.41, 5.74) is 0. The van der Waals surface area contributed by atoms with Crippen molar-refractivity contribution in [1.82, 2.24) is 5.32 Å². The second-order valence-electron chi connectivity index (χ2n) is 27.3. The molecule has 6 nitrogen and oxygen atoms in total. The first kappa shape index (κ1) is 66.8. The first-order valence-corrected chi connectivity index (χ1v) is 34.5. The highest BCUT2D eigenvalue weighted by atomic mass is 16.5. The minimum atomic E-state index is -0.157. The van der Waals surface area contributed by atoms with Crippen LogP contribution in [0.15, 0.2) is 0 Å².